The lowest BCUT2D eigenvalue weighted by atomic mass is 10.2. The summed E-state index contributed by atoms with van der Waals surface area (Å²) in [6.45, 7) is 0.801. The minimum Gasteiger partial charge on any atom is -0.456 e. The molecule has 0 aliphatic carbocycles. The number of hydrogen-bond donors (Lipinski definition) is 1. The van der Waals surface area contributed by atoms with Crippen LogP contribution in [-0.4, -0.2) is 33.7 Å². The maximum Gasteiger partial charge on any atom is 0.340 e. The number of nitrogens with two attached hydrogens (primary N) is 1. The van der Waals surface area contributed by atoms with Gasteiger partial charge in [-0.2, -0.15) is 0 Å². The SMILES string of the molecule is NS(=O)(=O)c1cc(Cl)c(Cl)c(C(=O)OC2CCOC2)c1. The molecule has 1 aliphatic rings. The number of rotatable bonds is 3. The molecule has 110 valence electrons. The van der Waals surface area contributed by atoms with E-state index >= 15 is 0 Å². The van der Waals surface area contributed by atoms with E-state index in [0.29, 0.717) is 19.6 Å². The fraction of sp³-hybridized carbons (Fsp3) is 0.364. The zero-order chi connectivity index (χ0) is 14.9. The van der Waals surface area contributed by atoms with Crippen molar-refractivity contribution in [2.24, 2.45) is 5.14 Å². The van der Waals surface area contributed by atoms with Crippen LogP contribution in [0.4, 0.5) is 0 Å². The predicted octanol–water partition coefficient (Wildman–Crippen LogP) is 1.59. The fourth-order valence-corrected chi connectivity index (χ4v) is 2.73. The number of ether oxygens (including phenoxy) is 2. The van der Waals surface area contributed by atoms with E-state index in [9.17, 15) is 13.2 Å². The Bertz CT molecular complexity index is 640. The second-order valence-electron chi connectivity index (χ2n) is 4.20. The number of halogens is 2. The lowest BCUT2D eigenvalue weighted by molar-refractivity contribution is 0.0270. The highest BCUT2D eigenvalue weighted by atomic mass is 35.5. The molecule has 20 heavy (non-hydrogen) atoms. The van der Waals surface area contributed by atoms with E-state index in [1.807, 2.05) is 0 Å². The van der Waals surface area contributed by atoms with Crippen molar-refractivity contribution < 1.29 is 22.7 Å². The van der Waals surface area contributed by atoms with Crippen LogP contribution in [0.15, 0.2) is 17.0 Å². The molecule has 1 aromatic rings. The molecule has 0 bridgehead atoms. The molecule has 6 nitrogen and oxygen atoms in total. The number of benzene rings is 1. The van der Waals surface area contributed by atoms with Gasteiger partial charge in [0.25, 0.3) is 0 Å². The Morgan fingerprint density at radius 1 is 1.40 bits per heavy atom. The Morgan fingerprint density at radius 2 is 2.10 bits per heavy atom. The maximum absolute atomic E-state index is 12.0. The van der Waals surface area contributed by atoms with Crippen LogP contribution in [0.2, 0.25) is 10.0 Å². The van der Waals surface area contributed by atoms with Gasteiger partial charge in [-0.1, -0.05) is 23.2 Å². The molecule has 1 saturated heterocycles. The molecular weight excluding hydrogens is 329 g/mol. The van der Waals surface area contributed by atoms with Crippen molar-refractivity contribution >= 4 is 39.2 Å². The third-order valence-electron chi connectivity index (χ3n) is 2.71. The van der Waals surface area contributed by atoms with Gasteiger partial charge in [-0.05, 0) is 12.1 Å². The molecule has 1 unspecified atom stereocenters. The average Bonchev–Trinajstić information content (AvgIpc) is 2.83. The first-order valence-electron chi connectivity index (χ1n) is 5.59. The normalized spacial score (nSPS) is 19.1. The van der Waals surface area contributed by atoms with Crippen LogP contribution >= 0.6 is 23.2 Å². The molecule has 1 fully saturated rings. The van der Waals surface area contributed by atoms with E-state index in [0.717, 1.165) is 12.1 Å². The Kier molecular flexibility index (Phi) is 4.55. The largest absolute Gasteiger partial charge is 0.456 e. The van der Waals surface area contributed by atoms with Crippen LogP contribution in [0.3, 0.4) is 0 Å². The summed E-state index contributed by atoms with van der Waals surface area (Å²) < 4.78 is 32.9. The monoisotopic (exact) mass is 339 g/mol. The van der Waals surface area contributed by atoms with Gasteiger partial charge in [0.2, 0.25) is 10.0 Å². The number of carbonyl (C=O) groups is 1. The van der Waals surface area contributed by atoms with Gasteiger partial charge in [0, 0.05) is 6.42 Å². The molecule has 1 heterocycles. The van der Waals surface area contributed by atoms with Crippen molar-refractivity contribution in [3.05, 3.63) is 27.7 Å². The van der Waals surface area contributed by atoms with Crippen LogP contribution in [0.5, 0.6) is 0 Å². The lowest BCUT2D eigenvalue weighted by Gasteiger charge is -2.12. The summed E-state index contributed by atoms with van der Waals surface area (Å²) in [5, 5.41) is 4.84. The van der Waals surface area contributed by atoms with Gasteiger partial charge < -0.3 is 9.47 Å². The van der Waals surface area contributed by atoms with Gasteiger partial charge in [0.05, 0.1) is 33.7 Å². The van der Waals surface area contributed by atoms with Crippen molar-refractivity contribution in [3.8, 4) is 0 Å². The minimum atomic E-state index is -4.00. The minimum absolute atomic E-state index is 0.0806. The predicted molar refractivity (Wildman–Crippen MR) is 72.5 cm³/mol. The highest BCUT2D eigenvalue weighted by Crippen LogP contribution is 2.30. The second-order valence-corrected chi connectivity index (χ2v) is 6.55. The summed E-state index contributed by atoms with van der Waals surface area (Å²) in [7, 11) is -4.00. The molecule has 0 radical (unpaired) electrons. The molecule has 1 aliphatic heterocycles. The summed E-state index contributed by atoms with van der Waals surface area (Å²) in [4.78, 5) is 11.7. The molecule has 9 heteroatoms. The number of sulfonamides is 1. The fourth-order valence-electron chi connectivity index (χ4n) is 1.70. The van der Waals surface area contributed by atoms with Crippen molar-refractivity contribution in [2.45, 2.75) is 17.4 Å². The van der Waals surface area contributed by atoms with Gasteiger partial charge in [0.15, 0.2) is 0 Å². The van der Waals surface area contributed by atoms with Crippen LogP contribution in [0.25, 0.3) is 0 Å². The molecule has 0 saturated carbocycles. The lowest BCUT2D eigenvalue weighted by Crippen LogP contribution is -2.19. The van der Waals surface area contributed by atoms with Crippen LogP contribution in [0.1, 0.15) is 16.8 Å². The first kappa shape index (κ1) is 15.5. The van der Waals surface area contributed by atoms with Crippen molar-refractivity contribution in [2.75, 3.05) is 13.2 Å². The van der Waals surface area contributed by atoms with E-state index in [-0.39, 0.29) is 26.6 Å². The third kappa shape index (κ3) is 3.42. The molecular formula is C11H11Cl2NO5S. The zero-order valence-electron chi connectivity index (χ0n) is 10.1. The van der Waals surface area contributed by atoms with Gasteiger partial charge in [-0.25, -0.2) is 18.4 Å². The molecule has 1 atom stereocenters. The van der Waals surface area contributed by atoms with Gasteiger partial charge in [-0.15, -0.1) is 0 Å². The summed E-state index contributed by atoms with van der Waals surface area (Å²) in [5.74, 6) is -0.766. The van der Waals surface area contributed by atoms with Crippen LogP contribution in [-0.2, 0) is 19.5 Å². The van der Waals surface area contributed by atoms with Crippen LogP contribution < -0.4 is 5.14 Å². The van der Waals surface area contributed by atoms with E-state index in [1.165, 1.54) is 0 Å². The number of carbonyl (C=O) groups excluding carboxylic acids is 1. The van der Waals surface area contributed by atoms with Gasteiger partial charge in [0.1, 0.15) is 6.10 Å². The number of primary sulfonamides is 1. The molecule has 0 amide bonds. The summed E-state index contributed by atoms with van der Waals surface area (Å²) >= 11 is 11.7. The van der Waals surface area contributed by atoms with E-state index in [2.05, 4.69) is 0 Å². The van der Waals surface area contributed by atoms with Crippen LogP contribution in [0, 0.1) is 0 Å². The second kappa shape index (κ2) is 5.87. The third-order valence-corrected chi connectivity index (χ3v) is 4.41. The molecule has 1 aromatic carbocycles. The quantitative estimate of drug-likeness (QED) is 0.843. The smallest absolute Gasteiger partial charge is 0.340 e. The summed E-state index contributed by atoms with van der Waals surface area (Å²) in [6.07, 6.45) is 0.196. The number of esters is 1. The number of hydrogen-bond acceptors (Lipinski definition) is 5. The molecule has 2 N–H and O–H groups in total. The van der Waals surface area contributed by atoms with Crippen molar-refractivity contribution in [3.63, 3.8) is 0 Å². The highest BCUT2D eigenvalue weighted by molar-refractivity contribution is 7.89. The van der Waals surface area contributed by atoms with Gasteiger partial charge in [-0.3, -0.25) is 0 Å². The summed E-state index contributed by atoms with van der Waals surface area (Å²) in [6, 6.07) is 2.12. The molecule has 0 spiro atoms. The van der Waals surface area contributed by atoms with Crippen molar-refractivity contribution in [1.82, 2.24) is 0 Å². The average molecular weight is 340 g/mol. The zero-order valence-corrected chi connectivity index (χ0v) is 12.5. The molecule has 0 aromatic heterocycles. The summed E-state index contributed by atoms with van der Waals surface area (Å²) in [5.41, 5.74) is -0.143. The molecule has 2 rings (SSSR count). The van der Waals surface area contributed by atoms with Crippen molar-refractivity contribution in [1.29, 1.82) is 0 Å². The Morgan fingerprint density at radius 3 is 2.65 bits per heavy atom. The highest BCUT2D eigenvalue weighted by Gasteiger charge is 2.24. The first-order valence-corrected chi connectivity index (χ1v) is 7.90. The standard InChI is InChI=1S/C11H11Cl2NO5S/c12-9-4-7(20(14,16)17)3-8(10(9)13)11(15)19-6-1-2-18-5-6/h3-4,6H,1-2,5H2,(H2,14,16,17). The maximum atomic E-state index is 12.0. The van der Waals surface area contributed by atoms with E-state index in [4.69, 9.17) is 37.8 Å². The Hall–Kier alpha value is -0.860. The van der Waals surface area contributed by atoms with E-state index < -0.39 is 16.0 Å². The first-order chi connectivity index (χ1) is 9.29. The Labute approximate surface area is 125 Å². The van der Waals surface area contributed by atoms with E-state index in [1.54, 1.807) is 0 Å². The van der Waals surface area contributed by atoms with Gasteiger partial charge >= 0.3 is 5.97 Å². The topological polar surface area (TPSA) is 95.7 Å². The Balaban J connectivity index is 2.34.